The molecule has 1 heterocycles. The van der Waals surface area contributed by atoms with Crippen molar-refractivity contribution >= 4 is 21.6 Å². The van der Waals surface area contributed by atoms with Crippen LogP contribution in [-0.4, -0.2) is 30.8 Å². The monoisotopic (exact) mass is 293 g/mol. The van der Waals surface area contributed by atoms with Crippen LogP contribution < -0.4 is 5.32 Å². The van der Waals surface area contributed by atoms with Crippen LogP contribution in [-0.2, 0) is 16.3 Å². The van der Waals surface area contributed by atoms with E-state index in [1.807, 2.05) is 6.92 Å². The van der Waals surface area contributed by atoms with Crippen LogP contribution in [0.4, 0.5) is 5.82 Å². The third-order valence-electron chi connectivity index (χ3n) is 2.88. The first kappa shape index (κ1) is 14.3. The van der Waals surface area contributed by atoms with Crippen molar-refractivity contribution in [2.75, 3.05) is 11.6 Å². The molecule has 0 unspecified atom stereocenters. The normalized spacial score (nSPS) is 11.3. The number of aromatic nitrogens is 2. The Morgan fingerprint density at radius 1 is 1.30 bits per heavy atom. The lowest BCUT2D eigenvalue weighted by Crippen LogP contribution is -2.13. The molecule has 2 N–H and O–H groups in total. The second kappa shape index (κ2) is 5.46. The number of aromatic amines is 1. The number of sulfone groups is 1. The molecule has 1 aromatic carbocycles. The third kappa shape index (κ3) is 3.05. The lowest BCUT2D eigenvalue weighted by molar-refractivity contribution is 0.102. The van der Waals surface area contributed by atoms with Crippen molar-refractivity contribution < 1.29 is 13.2 Å². The fourth-order valence-corrected chi connectivity index (χ4v) is 2.36. The Kier molecular flexibility index (Phi) is 3.89. The smallest absolute Gasteiger partial charge is 0.256 e. The molecule has 20 heavy (non-hydrogen) atoms. The summed E-state index contributed by atoms with van der Waals surface area (Å²) in [6, 6.07) is 5.79. The first-order valence-corrected chi connectivity index (χ1v) is 7.94. The zero-order valence-corrected chi connectivity index (χ0v) is 12.0. The van der Waals surface area contributed by atoms with Gasteiger partial charge in [-0.05, 0) is 30.7 Å². The number of H-pyrrole nitrogens is 1. The maximum absolute atomic E-state index is 12.0. The van der Waals surface area contributed by atoms with Gasteiger partial charge in [-0.3, -0.25) is 9.89 Å². The van der Waals surface area contributed by atoms with Gasteiger partial charge in [0.05, 0.1) is 11.1 Å². The minimum atomic E-state index is -3.25. The molecule has 0 aliphatic heterocycles. The number of nitrogens with zero attached hydrogens (tertiary/aromatic N) is 1. The van der Waals surface area contributed by atoms with E-state index in [1.54, 1.807) is 6.20 Å². The lowest BCUT2D eigenvalue weighted by Gasteiger charge is -2.05. The first-order chi connectivity index (χ1) is 9.41. The quantitative estimate of drug-likeness (QED) is 0.896. The minimum Gasteiger partial charge on any atom is -0.307 e. The second-order valence-electron chi connectivity index (χ2n) is 4.37. The summed E-state index contributed by atoms with van der Waals surface area (Å²) in [5.74, 6) is 0.244. The van der Waals surface area contributed by atoms with Crippen molar-refractivity contribution in [3.8, 4) is 0 Å². The Labute approximate surface area is 117 Å². The predicted octanol–water partition coefficient (Wildman–Crippen LogP) is 1.63. The van der Waals surface area contributed by atoms with Crippen molar-refractivity contribution in [2.24, 2.45) is 0 Å². The minimum absolute atomic E-state index is 0.185. The van der Waals surface area contributed by atoms with Gasteiger partial charge < -0.3 is 5.32 Å². The maximum atomic E-state index is 12.0. The molecule has 0 spiro atoms. The van der Waals surface area contributed by atoms with Crippen LogP contribution >= 0.6 is 0 Å². The predicted molar refractivity (Wildman–Crippen MR) is 75.5 cm³/mol. The van der Waals surface area contributed by atoms with Crippen LogP contribution in [0.3, 0.4) is 0 Å². The van der Waals surface area contributed by atoms with E-state index < -0.39 is 9.84 Å². The largest absolute Gasteiger partial charge is 0.307 e. The number of rotatable bonds is 4. The van der Waals surface area contributed by atoms with Gasteiger partial charge in [0, 0.05) is 17.4 Å². The fourth-order valence-electron chi connectivity index (χ4n) is 1.73. The first-order valence-electron chi connectivity index (χ1n) is 6.05. The summed E-state index contributed by atoms with van der Waals surface area (Å²) in [7, 11) is -3.25. The van der Waals surface area contributed by atoms with Gasteiger partial charge in [-0.2, -0.15) is 5.10 Å². The molecular weight excluding hydrogens is 278 g/mol. The highest BCUT2D eigenvalue weighted by Gasteiger charge is 2.12. The molecule has 0 aliphatic rings. The standard InChI is InChI=1S/C13H15N3O3S/c1-3-9-8-14-16-12(9)15-13(17)10-4-6-11(7-5-10)20(2,18)19/h4-8H,3H2,1-2H3,(H2,14,15,16,17). The summed E-state index contributed by atoms with van der Waals surface area (Å²) in [6.07, 6.45) is 3.53. The highest BCUT2D eigenvalue weighted by atomic mass is 32.2. The van der Waals surface area contributed by atoms with Crippen LogP contribution in [0, 0.1) is 0 Å². The molecule has 7 heteroatoms. The van der Waals surface area contributed by atoms with Gasteiger partial charge in [-0.15, -0.1) is 0 Å². The van der Waals surface area contributed by atoms with Gasteiger partial charge in [0.1, 0.15) is 5.82 Å². The fraction of sp³-hybridized carbons (Fsp3) is 0.231. The molecule has 0 saturated carbocycles. The maximum Gasteiger partial charge on any atom is 0.256 e. The van der Waals surface area contributed by atoms with Crippen LogP contribution in [0.25, 0.3) is 0 Å². The second-order valence-corrected chi connectivity index (χ2v) is 6.39. The zero-order valence-electron chi connectivity index (χ0n) is 11.2. The van der Waals surface area contributed by atoms with Crippen molar-refractivity contribution in [3.63, 3.8) is 0 Å². The van der Waals surface area contributed by atoms with Crippen molar-refractivity contribution in [2.45, 2.75) is 18.2 Å². The number of anilines is 1. The van der Waals surface area contributed by atoms with E-state index in [1.165, 1.54) is 24.3 Å². The van der Waals surface area contributed by atoms with Crippen LogP contribution in [0.2, 0.25) is 0 Å². The number of carbonyl (C=O) groups is 1. The highest BCUT2D eigenvalue weighted by molar-refractivity contribution is 7.90. The van der Waals surface area contributed by atoms with Crippen molar-refractivity contribution in [1.29, 1.82) is 0 Å². The van der Waals surface area contributed by atoms with Crippen LogP contribution in [0.1, 0.15) is 22.8 Å². The molecule has 0 aliphatic carbocycles. The number of amides is 1. The summed E-state index contributed by atoms with van der Waals surface area (Å²) in [4.78, 5) is 12.2. The highest BCUT2D eigenvalue weighted by Crippen LogP contribution is 2.14. The molecule has 0 fully saturated rings. The molecule has 0 bridgehead atoms. The summed E-state index contributed by atoms with van der Waals surface area (Å²) >= 11 is 0. The van der Waals surface area contributed by atoms with Crippen LogP contribution in [0.5, 0.6) is 0 Å². The van der Waals surface area contributed by atoms with Gasteiger partial charge in [0.2, 0.25) is 0 Å². The Morgan fingerprint density at radius 3 is 2.50 bits per heavy atom. The number of hydrogen-bond donors (Lipinski definition) is 2. The molecule has 2 rings (SSSR count). The van der Waals surface area contributed by atoms with E-state index in [2.05, 4.69) is 15.5 Å². The van der Waals surface area contributed by atoms with E-state index in [4.69, 9.17) is 0 Å². The topological polar surface area (TPSA) is 91.9 Å². The van der Waals surface area contributed by atoms with Gasteiger partial charge in [-0.1, -0.05) is 6.92 Å². The molecule has 1 amide bonds. The van der Waals surface area contributed by atoms with E-state index >= 15 is 0 Å². The third-order valence-corrected chi connectivity index (χ3v) is 4.01. The van der Waals surface area contributed by atoms with Gasteiger partial charge in [-0.25, -0.2) is 8.42 Å². The van der Waals surface area contributed by atoms with Gasteiger partial charge in [0.15, 0.2) is 9.84 Å². The average molecular weight is 293 g/mol. The molecule has 1 aromatic heterocycles. The van der Waals surface area contributed by atoms with E-state index in [-0.39, 0.29) is 10.8 Å². The average Bonchev–Trinajstić information content (AvgIpc) is 2.85. The van der Waals surface area contributed by atoms with Gasteiger partial charge in [0.25, 0.3) is 5.91 Å². The Morgan fingerprint density at radius 2 is 1.95 bits per heavy atom. The number of aryl methyl sites for hydroxylation is 1. The zero-order chi connectivity index (χ0) is 14.8. The number of nitrogens with one attached hydrogen (secondary N) is 2. The number of benzene rings is 1. The molecule has 6 nitrogen and oxygen atoms in total. The molecule has 0 saturated heterocycles. The molecule has 106 valence electrons. The Bertz CT molecular complexity index is 718. The van der Waals surface area contributed by atoms with E-state index in [9.17, 15) is 13.2 Å². The van der Waals surface area contributed by atoms with Crippen LogP contribution in [0.15, 0.2) is 35.4 Å². The number of carbonyl (C=O) groups excluding carboxylic acids is 1. The van der Waals surface area contributed by atoms with Gasteiger partial charge >= 0.3 is 0 Å². The Hall–Kier alpha value is -2.15. The molecule has 0 radical (unpaired) electrons. The summed E-state index contributed by atoms with van der Waals surface area (Å²) < 4.78 is 22.7. The number of hydrogen-bond acceptors (Lipinski definition) is 4. The lowest BCUT2D eigenvalue weighted by atomic mass is 10.2. The van der Waals surface area contributed by atoms with Crippen molar-refractivity contribution in [1.82, 2.24) is 10.2 Å². The SMILES string of the molecule is CCc1cn[nH]c1NC(=O)c1ccc(S(C)(=O)=O)cc1. The summed E-state index contributed by atoms with van der Waals surface area (Å²) in [5.41, 5.74) is 1.29. The van der Waals surface area contributed by atoms with E-state index in [0.29, 0.717) is 11.4 Å². The van der Waals surface area contributed by atoms with E-state index in [0.717, 1.165) is 18.2 Å². The summed E-state index contributed by atoms with van der Waals surface area (Å²) in [5, 5.41) is 9.29. The summed E-state index contributed by atoms with van der Waals surface area (Å²) in [6.45, 7) is 1.96. The molecule has 0 atom stereocenters. The van der Waals surface area contributed by atoms with Crippen molar-refractivity contribution in [3.05, 3.63) is 41.6 Å². The Balaban J connectivity index is 2.18. The molecular formula is C13H15N3O3S. The molecule has 2 aromatic rings.